The van der Waals surface area contributed by atoms with Crippen molar-refractivity contribution in [1.82, 2.24) is 9.97 Å². The van der Waals surface area contributed by atoms with E-state index in [9.17, 15) is 4.79 Å². The van der Waals surface area contributed by atoms with Gasteiger partial charge in [0.1, 0.15) is 5.82 Å². The van der Waals surface area contributed by atoms with Gasteiger partial charge in [-0.25, -0.2) is 4.98 Å². The summed E-state index contributed by atoms with van der Waals surface area (Å²) in [4.78, 5) is 22.1. The maximum absolute atomic E-state index is 12.2. The standard InChI is InChI=1S/C20H23N3O/c1-3-13-23(14-4-2)16-11-9-15(10-12-16)19-21-18-8-6-5-7-17(18)20(24)22-19/h5-12H,3-4,13-14H2,1-2H3,(H,21,22,24). The fourth-order valence-electron chi connectivity index (χ4n) is 2.96. The van der Waals surface area contributed by atoms with Gasteiger partial charge in [-0.1, -0.05) is 26.0 Å². The normalized spacial score (nSPS) is 10.9. The number of H-pyrrole nitrogens is 1. The highest BCUT2D eigenvalue weighted by Gasteiger charge is 2.08. The molecule has 1 N–H and O–H groups in total. The predicted molar refractivity (Wildman–Crippen MR) is 101 cm³/mol. The van der Waals surface area contributed by atoms with E-state index in [-0.39, 0.29) is 5.56 Å². The van der Waals surface area contributed by atoms with Gasteiger partial charge in [0.2, 0.25) is 0 Å². The Labute approximate surface area is 142 Å². The number of hydrogen-bond acceptors (Lipinski definition) is 3. The van der Waals surface area contributed by atoms with Crippen LogP contribution in [0.5, 0.6) is 0 Å². The molecule has 0 bridgehead atoms. The van der Waals surface area contributed by atoms with Crippen LogP contribution in [0.4, 0.5) is 5.69 Å². The highest BCUT2D eigenvalue weighted by Crippen LogP contribution is 2.21. The lowest BCUT2D eigenvalue weighted by Gasteiger charge is -2.23. The van der Waals surface area contributed by atoms with Crippen LogP contribution < -0.4 is 10.5 Å². The molecule has 0 saturated heterocycles. The molecule has 0 aliphatic rings. The Kier molecular flexibility index (Phi) is 4.94. The molecule has 0 saturated carbocycles. The molecule has 24 heavy (non-hydrogen) atoms. The summed E-state index contributed by atoms with van der Waals surface area (Å²) in [5.74, 6) is 0.614. The first-order chi connectivity index (χ1) is 11.7. The fraction of sp³-hybridized carbons (Fsp3) is 0.300. The number of benzene rings is 2. The molecule has 1 heterocycles. The van der Waals surface area contributed by atoms with Crippen molar-refractivity contribution in [2.75, 3.05) is 18.0 Å². The number of fused-ring (bicyclic) bond motifs is 1. The summed E-state index contributed by atoms with van der Waals surface area (Å²) in [5.41, 5.74) is 2.76. The molecule has 0 fully saturated rings. The third kappa shape index (κ3) is 3.32. The second kappa shape index (κ2) is 7.30. The minimum absolute atomic E-state index is 0.0988. The largest absolute Gasteiger partial charge is 0.372 e. The van der Waals surface area contributed by atoms with Gasteiger partial charge in [0.15, 0.2) is 0 Å². The number of nitrogens with zero attached hydrogens (tertiary/aromatic N) is 2. The second-order valence-corrected chi connectivity index (χ2v) is 5.97. The summed E-state index contributed by atoms with van der Waals surface area (Å²) in [5, 5.41) is 0.620. The molecule has 0 atom stereocenters. The number of hydrogen-bond donors (Lipinski definition) is 1. The van der Waals surface area contributed by atoms with Crippen molar-refractivity contribution in [3.05, 3.63) is 58.9 Å². The summed E-state index contributed by atoms with van der Waals surface area (Å²) in [7, 11) is 0. The summed E-state index contributed by atoms with van der Waals surface area (Å²) < 4.78 is 0. The SMILES string of the molecule is CCCN(CCC)c1ccc(-c2nc3ccccc3c(=O)[nH]2)cc1. The van der Waals surface area contributed by atoms with Gasteiger partial charge >= 0.3 is 0 Å². The van der Waals surface area contributed by atoms with Crippen molar-refractivity contribution in [2.45, 2.75) is 26.7 Å². The van der Waals surface area contributed by atoms with Gasteiger partial charge in [0.25, 0.3) is 5.56 Å². The topological polar surface area (TPSA) is 49.0 Å². The zero-order valence-electron chi connectivity index (χ0n) is 14.2. The molecule has 0 amide bonds. The number of rotatable bonds is 6. The molecule has 0 radical (unpaired) electrons. The van der Waals surface area contributed by atoms with E-state index in [2.05, 4.69) is 40.8 Å². The molecule has 0 aliphatic carbocycles. The number of aromatic amines is 1. The monoisotopic (exact) mass is 321 g/mol. The van der Waals surface area contributed by atoms with Crippen molar-refractivity contribution in [3.8, 4) is 11.4 Å². The Morgan fingerprint density at radius 2 is 1.62 bits per heavy atom. The average molecular weight is 321 g/mol. The Bertz CT molecular complexity index is 862. The maximum atomic E-state index is 12.2. The molecule has 4 nitrogen and oxygen atoms in total. The Morgan fingerprint density at radius 1 is 0.958 bits per heavy atom. The molecule has 3 rings (SSSR count). The molecule has 0 unspecified atom stereocenters. The van der Waals surface area contributed by atoms with E-state index >= 15 is 0 Å². The summed E-state index contributed by atoms with van der Waals surface area (Å²) in [6, 6.07) is 15.7. The molecule has 0 aliphatic heterocycles. The number of anilines is 1. The van der Waals surface area contributed by atoms with Crippen molar-refractivity contribution in [2.24, 2.45) is 0 Å². The molecular formula is C20H23N3O. The molecule has 124 valence electrons. The Morgan fingerprint density at radius 3 is 2.29 bits per heavy atom. The van der Waals surface area contributed by atoms with Crippen molar-refractivity contribution >= 4 is 16.6 Å². The van der Waals surface area contributed by atoms with E-state index in [0.717, 1.165) is 37.0 Å². The lowest BCUT2D eigenvalue weighted by molar-refractivity contribution is 0.745. The lowest BCUT2D eigenvalue weighted by Crippen LogP contribution is -2.24. The van der Waals surface area contributed by atoms with Crippen LogP contribution in [0.15, 0.2) is 53.3 Å². The third-order valence-electron chi connectivity index (χ3n) is 4.11. The van der Waals surface area contributed by atoms with Crippen LogP contribution in [0.25, 0.3) is 22.3 Å². The third-order valence-corrected chi connectivity index (χ3v) is 4.11. The molecule has 0 spiro atoms. The van der Waals surface area contributed by atoms with Crippen LogP contribution in [0.2, 0.25) is 0 Å². The Hall–Kier alpha value is -2.62. The smallest absolute Gasteiger partial charge is 0.259 e. The van der Waals surface area contributed by atoms with E-state index in [1.165, 1.54) is 5.69 Å². The van der Waals surface area contributed by atoms with Crippen LogP contribution in [0.3, 0.4) is 0 Å². The average Bonchev–Trinajstić information content (AvgIpc) is 2.62. The summed E-state index contributed by atoms with van der Waals surface area (Å²) in [6.07, 6.45) is 2.25. The van der Waals surface area contributed by atoms with Gasteiger partial charge in [-0.2, -0.15) is 0 Å². The van der Waals surface area contributed by atoms with Crippen LogP contribution >= 0.6 is 0 Å². The van der Waals surface area contributed by atoms with Crippen LogP contribution in [0.1, 0.15) is 26.7 Å². The van der Waals surface area contributed by atoms with Gasteiger partial charge in [-0.05, 0) is 49.2 Å². The van der Waals surface area contributed by atoms with Crippen LogP contribution in [-0.2, 0) is 0 Å². The van der Waals surface area contributed by atoms with E-state index in [0.29, 0.717) is 11.2 Å². The summed E-state index contributed by atoms with van der Waals surface area (Å²) in [6.45, 7) is 6.50. The van der Waals surface area contributed by atoms with Crippen molar-refractivity contribution < 1.29 is 0 Å². The minimum Gasteiger partial charge on any atom is -0.372 e. The number of aromatic nitrogens is 2. The molecule has 3 aromatic rings. The highest BCUT2D eigenvalue weighted by atomic mass is 16.1. The van der Waals surface area contributed by atoms with Gasteiger partial charge in [-0.3, -0.25) is 4.79 Å². The van der Waals surface area contributed by atoms with E-state index in [1.54, 1.807) is 6.07 Å². The van der Waals surface area contributed by atoms with E-state index in [4.69, 9.17) is 0 Å². The van der Waals surface area contributed by atoms with Gasteiger partial charge < -0.3 is 9.88 Å². The first-order valence-electron chi connectivity index (χ1n) is 8.57. The number of para-hydroxylation sites is 1. The molecular weight excluding hydrogens is 298 g/mol. The summed E-state index contributed by atoms with van der Waals surface area (Å²) >= 11 is 0. The van der Waals surface area contributed by atoms with Gasteiger partial charge in [0, 0.05) is 24.3 Å². The Balaban J connectivity index is 1.94. The first kappa shape index (κ1) is 16.2. The zero-order valence-corrected chi connectivity index (χ0v) is 14.2. The van der Waals surface area contributed by atoms with Gasteiger partial charge in [0.05, 0.1) is 10.9 Å². The second-order valence-electron chi connectivity index (χ2n) is 5.97. The first-order valence-corrected chi connectivity index (χ1v) is 8.57. The predicted octanol–water partition coefficient (Wildman–Crippen LogP) is 4.22. The molecule has 2 aromatic carbocycles. The quantitative estimate of drug-likeness (QED) is 0.739. The maximum Gasteiger partial charge on any atom is 0.259 e. The van der Waals surface area contributed by atoms with Crippen LogP contribution in [0, 0.1) is 0 Å². The van der Waals surface area contributed by atoms with Crippen LogP contribution in [-0.4, -0.2) is 23.1 Å². The molecule has 1 aromatic heterocycles. The molecule has 4 heteroatoms. The van der Waals surface area contributed by atoms with Gasteiger partial charge in [-0.15, -0.1) is 0 Å². The van der Waals surface area contributed by atoms with Crippen molar-refractivity contribution in [1.29, 1.82) is 0 Å². The number of nitrogens with one attached hydrogen (secondary N) is 1. The fourth-order valence-corrected chi connectivity index (χ4v) is 2.96. The zero-order chi connectivity index (χ0) is 16.9. The lowest BCUT2D eigenvalue weighted by atomic mass is 10.1. The van der Waals surface area contributed by atoms with E-state index < -0.39 is 0 Å². The minimum atomic E-state index is -0.0988. The van der Waals surface area contributed by atoms with E-state index in [1.807, 2.05) is 30.3 Å². The highest BCUT2D eigenvalue weighted by molar-refractivity contribution is 5.79. The van der Waals surface area contributed by atoms with Crippen molar-refractivity contribution in [3.63, 3.8) is 0 Å².